The fraction of sp³-hybridized carbons (Fsp3) is 0.778. The van der Waals surface area contributed by atoms with Gasteiger partial charge in [-0.05, 0) is 6.92 Å². The third kappa shape index (κ3) is 3.74. The van der Waals surface area contributed by atoms with Crippen molar-refractivity contribution in [2.75, 3.05) is 19.6 Å². The van der Waals surface area contributed by atoms with Crippen LogP contribution >= 0.6 is 0 Å². The summed E-state index contributed by atoms with van der Waals surface area (Å²) in [5.74, 6) is -0.208. The first-order valence-electron chi connectivity index (χ1n) is 4.88. The van der Waals surface area contributed by atoms with E-state index in [9.17, 15) is 9.59 Å². The van der Waals surface area contributed by atoms with Crippen LogP contribution in [0.2, 0.25) is 0 Å². The average Bonchev–Trinajstić information content (AvgIpc) is 2.23. The SMILES string of the molecule is CC1CN(CCC(N)=O)CCC(=O)N1. The van der Waals surface area contributed by atoms with Crippen molar-refractivity contribution < 1.29 is 9.59 Å². The van der Waals surface area contributed by atoms with E-state index < -0.39 is 0 Å². The number of nitrogens with one attached hydrogen (secondary N) is 1. The van der Waals surface area contributed by atoms with Crippen LogP contribution in [-0.4, -0.2) is 42.4 Å². The second-order valence-electron chi connectivity index (χ2n) is 3.74. The summed E-state index contributed by atoms with van der Waals surface area (Å²) in [6.45, 7) is 4.11. The van der Waals surface area contributed by atoms with Gasteiger partial charge < -0.3 is 16.0 Å². The van der Waals surface area contributed by atoms with Crippen LogP contribution in [-0.2, 0) is 9.59 Å². The summed E-state index contributed by atoms with van der Waals surface area (Å²) in [7, 11) is 0. The van der Waals surface area contributed by atoms with Gasteiger partial charge in [-0.25, -0.2) is 0 Å². The Hall–Kier alpha value is -1.10. The van der Waals surface area contributed by atoms with Crippen molar-refractivity contribution in [2.45, 2.75) is 25.8 Å². The second-order valence-corrected chi connectivity index (χ2v) is 3.74. The number of nitrogens with two attached hydrogens (primary N) is 1. The van der Waals surface area contributed by atoms with Gasteiger partial charge in [0.05, 0.1) is 0 Å². The molecule has 0 bridgehead atoms. The first-order chi connectivity index (χ1) is 6.58. The van der Waals surface area contributed by atoms with Crippen LogP contribution < -0.4 is 11.1 Å². The predicted molar refractivity (Wildman–Crippen MR) is 52.5 cm³/mol. The van der Waals surface area contributed by atoms with Gasteiger partial charge in [-0.2, -0.15) is 0 Å². The summed E-state index contributed by atoms with van der Waals surface area (Å²) >= 11 is 0. The molecule has 0 spiro atoms. The average molecular weight is 199 g/mol. The third-order valence-electron chi connectivity index (χ3n) is 2.27. The van der Waals surface area contributed by atoms with Gasteiger partial charge in [-0.15, -0.1) is 0 Å². The number of carbonyl (C=O) groups is 2. The molecule has 0 aromatic carbocycles. The van der Waals surface area contributed by atoms with Crippen molar-refractivity contribution >= 4 is 11.8 Å². The maximum absolute atomic E-state index is 11.1. The van der Waals surface area contributed by atoms with Crippen molar-refractivity contribution in [2.24, 2.45) is 5.73 Å². The number of nitrogens with zero attached hydrogens (tertiary/aromatic N) is 1. The topological polar surface area (TPSA) is 75.4 Å². The Kier molecular flexibility index (Phi) is 3.88. The molecule has 1 fully saturated rings. The summed E-state index contributed by atoms with van der Waals surface area (Å²) < 4.78 is 0. The Bertz CT molecular complexity index is 230. The van der Waals surface area contributed by atoms with E-state index in [0.29, 0.717) is 25.9 Å². The molecule has 0 aliphatic carbocycles. The summed E-state index contributed by atoms with van der Waals surface area (Å²) in [4.78, 5) is 23.8. The van der Waals surface area contributed by atoms with Gasteiger partial charge in [0.25, 0.3) is 0 Å². The molecule has 1 aliphatic heterocycles. The normalized spacial score (nSPS) is 24.1. The Balaban J connectivity index is 2.37. The molecule has 0 aromatic heterocycles. The zero-order chi connectivity index (χ0) is 10.6. The minimum Gasteiger partial charge on any atom is -0.370 e. The van der Waals surface area contributed by atoms with E-state index in [1.165, 1.54) is 0 Å². The Morgan fingerprint density at radius 1 is 1.71 bits per heavy atom. The fourth-order valence-electron chi connectivity index (χ4n) is 1.60. The summed E-state index contributed by atoms with van der Waals surface area (Å²) in [5.41, 5.74) is 5.06. The van der Waals surface area contributed by atoms with E-state index in [0.717, 1.165) is 6.54 Å². The minimum atomic E-state index is -0.291. The van der Waals surface area contributed by atoms with Crippen molar-refractivity contribution in [3.8, 4) is 0 Å². The number of hydrogen-bond donors (Lipinski definition) is 2. The molecule has 5 heteroatoms. The highest BCUT2D eigenvalue weighted by Gasteiger charge is 2.18. The molecule has 14 heavy (non-hydrogen) atoms. The highest BCUT2D eigenvalue weighted by Crippen LogP contribution is 2.01. The first-order valence-corrected chi connectivity index (χ1v) is 4.88. The Morgan fingerprint density at radius 2 is 2.43 bits per heavy atom. The number of carbonyl (C=O) groups excluding carboxylic acids is 2. The van der Waals surface area contributed by atoms with Gasteiger partial charge in [0, 0.05) is 38.5 Å². The standard InChI is InChI=1S/C9H17N3O2/c1-7-6-12(4-2-8(10)13)5-3-9(14)11-7/h7H,2-6H2,1H3,(H2,10,13)(H,11,14). The van der Waals surface area contributed by atoms with Gasteiger partial charge in [0.2, 0.25) is 11.8 Å². The maximum atomic E-state index is 11.1. The molecule has 5 nitrogen and oxygen atoms in total. The van der Waals surface area contributed by atoms with E-state index in [4.69, 9.17) is 5.73 Å². The molecule has 1 aliphatic rings. The van der Waals surface area contributed by atoms with Gasteiger partial charge >= 0.3 is 0 Å². The zero-order valence-electron chi connectivity index (χ0n) is 8.45. The molecule has 1 atom stereocenters. The van der Waals surface area contributed by atoms with Crippen molar-refractivity contribution in [3.63, 3.8) is 0 Å². The molecule has 1 rings (SSSR count). The minimum absolute atomic E-state index is 0.0825. The number of rotatable bonds is 3. The Morgan fingerprint density at radius 3 is 3.07 bits per heavy atom. The van der Waals surface area contributed by atoms with E-state index in [1.54, 1.807) is 0 Å². The van der Waals surface area contributed by atoms with E-state index in [-0.39, 0.29) is 17.9 Å². The second kappa shape index (κ2) is 4.95. The van der Waals surface area contributed by atoms with Crippen molar-refractivity contribution in [1.29, 1.82) is 0 Å². The van der Waals surface area contributed by atoms with Gasteiger partial charge in [-0.3, -0.25) is 9.59 Å². The molecule has 0 aromatic rings. The Labute approximate surface area is 83.6 Å². The monoisotopic (exact) mass is 199 g/mol. The van der Waals surface area contributed by atoms with E-state index >= 15 is 0 Å². The summed E-state index contributed by atoms with van der Waals surface area (Å²) in [6.07, 6.45) is 0.865. The van der Waals surface area contributed by atoms with Gasteiger partial charge in [0.15, 0.2) is 0 Å². The molecule has 1 unspecified atom stereocenters. The fourth-order valence-corrected chi connectivity index (χ4v) is 1.60. The van der Waals surface area contributed by atoms with Crippen LogP contribution in [0.3, 0.4) is 0 Å². The van der Waals surface area contributed by atoms with Crippen LogP contribution in [0.5, 0.6) is 0 Å². The zero-order valence-corrected chi connectivity index (χ0v) is 8.45. The van der Waals surface area contributed by atoms with Crippen molar-refractivity contribution in [1.82, 2.24) is 10.2 Å². The smallest absolute Gasteiger partial charge is 0.221 e. The summed E-state index contributed by atoms with van der Waals surface area (Å²) in [6, 6.07) is 0.151. The quantitative estimate of drug-likeness (QED) is 0.616. The molecule has 1 heterocycles. The highest BCUT2D eigenvalue weighted by atomic mass is 16.2. The molecular weight excluding hydrogens is 182 g/mol. The molecular formula is C9H17N3O2. The van der Waals surface area contributed by atoms with Crippen LogP contribution in [0, 0.1) is 0 Å². The predicted octanol–water partition coefficient (Wildman–Crippen LogP) is -0.928. The van der Waals surface area contributed by atoms with Gasteiger partial charge in [0.1, 0.15) is 0 Å². The molecule has 3 N–H and O–H groups in total. The van der Waals surface area contributed by atoms with Crippen molar-refractivity contribution in [3.05, 3.63) is 0 Å². The lowest BCUT2D eigenvalue weighted by Crippen LogP contribution is -2.37. The van der Waals surface area contributed by atoms with Crippen LogP contribution in [0.25, 0.3) is 0 Å². The number of amides is 2. The lowest BCUT2D eigenvalue weighted by atomic mass is 10.3. The largest absolute Gasteiger partial charge is 0.370 e. The van der Waals surface area contributed by atoms with E-state index in [1.807, 2.05) is 6.92 Å². The highest BCUT2D eigenvalue weighted by molar-refractivity contribution is 5.76. The van der Waals surface area contributed by atoms with Gasteiger partial charge in [-0.1, -0.05) is 0 Å². The molecule has 0 radical (unpaired) electrons. The lowest BCUT2D eigenvalue weighted by molar-refractivity contribution is -0.121. The maximum Gasteiger partial charge on any atom is 0.221 e. The van der Waals surface area contributed by atoms with E-state index in [2.05, 4.69) is 10.2 Å². The number of primary amides is 1. The molecule has 1 saturated heterocycles. The molecule has 0 saturated carbocycles. The third-order valence-corrected chi connectivity index (χ3v) is 2.27. The van der Waals surface area contributed by atoms with Crippen LogP contribution in [0.4, 0.5) is 0 Å². The lowest BCUT2D eigenvalue weighted by Gasteiger charge is -2.20. The van der Waals surface area contributed by atoms with Crippen LogP contribution in [0.15, 0.2) is 0 Å². The molecule has 80 valence electrons. The molecule has 2 amide bonds. The van der Waals surface area contributed by atoms with Crippen LogP contribution in [0.1, 0.15) is 19.8 Å². The number of hydrogen-bond acceptors (Lipinski definition) is 3. The first kappa shape index (κ1) is 11.0. The summed E-state index contributed by atoms with van der Waals surface area (Å²) in [5, 5.41) is 2.86.